The van der Waals surface area contributed by atoms with Crippen LogP contribution in [0.15, 0.2) is 18.3 Å². The maximum absolute atomic E-state index is 5.92. The molecule has 2 aromatic heterocycles. The maximum atomic E-state index is 5.92. The molecule has 1 saturated carbocycles. The molecule has 1 aliphatic carbocycles. The van der Waals surface area contributed by atoms with Crippen molar-refractivity contribution in [3.8, 4) is 0 Å². The van der Waals surface area contributed by atoms with Gasteiger partial charge in [-0.3, -0.25) is 0 Å². The Morgan fingerprint density at radius 2 is 2.10 bits per heavy atom. The molecule has 1 fully saturated rings. The summed E-state index contributed by atoms with van der Waals surface area (Å²) in [4.78, 5) is 9.22. The summed E-state index contributed by atoms with van der Waals surface area (Å²) < 4.78 is 2.30. The minimum absolute atomic E-state index is 0.616. The fraction of sp³-hybridized carbons (Fsp3) is 0.625. The van der Waals surface area contributed by atoms with Gasteiger partial charge in [-0.25, -0.2) is 9.97 Å². The van der Waals surface area contributed by atoms with Gasteiger partial charge in [0.2, 0.25) is 0 Å². The Morgan fingerprint density at radius 1 is 1.30 bits per heavy atom. The van der Waals surface area contributed by atoms with Gasteiger partial charge in [-0.15, -0.1) is 11.6 Å². The van der Waals surface area contributed by atoms with Gasteiger partial charge >= 0.3 is 0 Å². The molecular formula is C16H22ClN3. The molecule has 0 atom stereocenters. The zero-order valence-corrected chi connectivity index (χ0v) is 12.8. The lowest BCUT2D eigenvalue weighted by atomic mass is 9.83. The minimum atomic E-state index is 0.616. The van der Waals surface area contributed by atoms with Crippen LogP contribution in [0.4, 0.5) is 0 Å². The second-order valence-electron chi connectivity index (χ2n) is 6.05. The SMILES string of the molecule is CC1CCC(Cn2c(CCCl)nc3cccnc32)CC1. The monoisotopic (exact) mass is 291 g/mol. The van der Waals surface area contributed by atoms with E-state index in [1.165, 1.54) is 25.7 Å². The first kappa shape index (κ1) is 13.9. The predicted octanol–water partition coefficient (Wildman–Crippen LogP) is 4.04. The first-order valence-electron chi connectivity index (χ1n) is 7.64. The Hall–Kier alpha value is -1.09. The summed E-state index contributed by atoms with van der Waals surface area (Å²) in [6.45, 7) is 3.41. The van der Waals surface area contributed by atoms with Crippen molar-refractivity contribution in [2.45, 2.75) is 45.6 Å². The van der Waals surface area contributed by atoms with Crippen LogP contribution in [-0.2, 0) is 13.0 Å². The average Bonchev–Trinajstić information content (AvgIpc) is 2.80. The lowest BCUT2D eigenvalue weighted by Crippen LogP contribution is -2.19. The lowest BCUT2D eigenvalue weighted by Gasteiger charge is -2.27. The fourth-order valence-corrected chi connectivity index (χ4v) is 3.41. The number of nitrogens with zero attached hydrogens (tertiary/aromatic N) is 3. The average molecular weight is 292 g/mol. The third-order valence-corrected chi connectivity index (χ3v) is 4.67. The molecule has 3 rings (SSSR count). The quantitative estimate of drug-likeness (QED) is 0.796. The number of fused-ring (bicyclic) bond motifs is 1. The number of alkyl halides is 1. The van der Waals surface area contributed by atoms with Gasteiger partial charge in [0, 0.05) is 25.0 Å². The standard InChI is InChI=1S/C16H22ClN3/c1-12-4-6-13(7-5-12)11-20-15(8-9-17)19-14-3-2-10-18-16(14)20/h2-3,10,12-13H,4-9,11H2,1H3. The molecule has 2 aromatic rings. The van der Waals surface area contributed by atoms with Crippen molar-refractivity contribution in [3.05, 3.63) is 24.2 Å². The summed E-state index contributed by atoms with van der Waals surface area (Å²) in [6.07, 6.45) is 8.04. The first-order chi connectivity index (χ1) is 9.78. The molecule has 1 aliphatic rings. The second-order valence-corrected chi connectivity index (χ2v) is 6.43. The normalized spacial score (nSPS) is 23.3. The van der Waals surface area contributed by atoms with Crippen LogP contribution in [0.5, 0.6) is 0 Å². The van der Waals surface area contributed by atoms with Crippen molar-refractivity contribution in [3.63, 3.8) is 0 Å². The molecule has 20 heavy (non-hydrogen) atoms. The number of hydrogen-bond donors (Lipinski definition) is 0. The van der Waals surface area contributed by atoms with E-state index in [2.05, 4.69) is 16.5 Å². The van der Waals surface area contributed by atoms with E-state index in [4.69, 9.17) is 16.6 Å². The van der Waals surface area contributed by atoms with Crippen LogP contribution >= 0.6 is 11.6 Å². The van der Waals surface area contributed by atoms with Gasteiger partial charge in [0.25, 0.3) is 0 Å². The van der Waals surface area contributed by atoms with Crippen molar-refractivity contribution in [1.82, 2.24) is 14.5 Å². The molecule has 4 heteroatoms. The van der Waals surface area contributed by atoms with Crippen LogP contribution in [0.3, 0.4) is 0 Å². The Kier molecular flexibility index (Phi) is 4.25. The Labute approximate surface area is 125 Å². The molecule has 0 spiro atoms. The number of hydrogen-bond acceptors (Lipinski definition) is 2. The number of pyridine rings is 1. The number of rotatable bonds is 4. The zero-order valence-electron chi connectivity index (χ0n) is 12.1. The third-order valence-electron chi connectivity index (χ3n) is 4.48. The Bertz CT molecular complexity index is 570. The summed E-state index contributed by atoms with van der Waals surface area (Å²) >= 11 is 5.92. The predicted molar refractivity (Wildman–Crippen MR) is 83.1 cm³/mol. The van der Waals surface area contributed by atoms with Crippen LogP contribution in [0.2, 0.25) is 0 Å². The summed E-state index contributed by atoms with van der Waals surface area (Å²) in [5, 5.41) is 0. The highest BCUT2D eigenvalue weighted by molar-refractivity contribution is 6.17. The van der Waals surface area contributed by atoms with Crippen molar-refractivity contribution >= 4 is 22.8 Å². The van der Waals surface area contributed by atoms with Gasteiger partial charge in [-0.05, 0) is 36.8 Å². The van der Waals surface area contributed by atoms with E-state index >= 15 is 0 Å². The zero-order chi connectivity index (χ0) is 13.9. The molecule has 3 nitrogen and oxygen atoms in total. The van der Waals surface area contributed by atoms with Crippen molar-refractivity contribution in [2.75, 3.05) is 5.88 Å². The lowest BCUT2D eigenvalue weighted by molar-refractivity contribution is 0.264. The largest absolute Gasteiger partial charge is 0.312 e. The molecule has 2 heterocycles. The molecule has 0 bridgehead atoms. The molecule has 0 unspecified atom stereocenters. The van der Waals surface area contributed by atoms with Crippen LogP contribution in [0, 0.1) is 11.8 Å². The summed E-state index contributed by atoms with van der Waals surface area (Å²) in [7, 11) is 0. The van der Waals surface area contributed by atoms with E-state index < -0.39 is 0 Å². The second kappa shape index (κ2) is 6.13. The number of imidazole rings is 1. The van der Waals surface area contributed by atoms with Crippen LogP contribution < -0.4 is 0 Å². The molecule has 0 aliphatic heterocycles. The fourth-order valence-electron chi connectivity index (χ4n) is 3.24. The van der Waals surface area contributed by atoms with E-state index in [1.807, 2.05) is 18.3 Å². The molecule has 0 radical (unpaired) electrons. The highest BCUT2D eigenvalue weighted by Crippen LogP contribution is 2.30. The van der Waals surface area contributed by atoms with Crippen molar-refractivity contribution in [2.24, 2.45) is 11.8 Å². The third kappa shape index (κ3) is 2.83. The van der Waals surface area contributed by atoms with E-state index in [1.54, 1.807) is 0 Å². The number of aryl methyl sites for hydroxylation is 1. The molecule has 108 valence electrons. The molecule has 0 aromatic carbocycles. The molecule has 0 amide bonds. The van der Waals surface area contributed by atoms with E-state index in [-0.39, 0.29) is 0 Å². The van der Waals surface area contributed by atoms with Gasteiger partial charge in [0.15, 0.2) is 5.65 Å². The van der Waals surface area contributed by atoms with Gasteiger partial charge in [-0.2, -0.15) is 0 Å². The first-order valence-corrected chi connectivity index (χ1v) is 8.17. The topological polar surface area (TPSA) is 30.7 Å². The smallest absolute Gasteiger partial charge is 0.159 e. The molecule has 0 N–H and O–H groups in total. The Balaban J connectivity index is 1.86. The summed E-state index contributed by atoms with van der Waals surface area (Å²) in [5.74, 6) is 3.36. The van der Waals surface area contributed by atoms with Gasteiger partial charge in [0.05, 0.1) is 0 Å². The highest BCUT2D eigenvalue weighted by Gasteiger charge is 2.21. The van der Waals surface area contributed by atoms with E-state index in [0.29, 0.717) is 5.88 Å². The van der Waals surface area contributed by atoms with Crippen molar-refractivity contribution < 1.29 is 0 Å². The Morgan fingerprint density at radius 3 is 2.85 bits per heavy atom. The summed E-state index contributed by atoms with van der Waals surface area (Å²) in [6, 6.07) is 3.99. The van der Waals surface area contributed by atoms with E-state index in [0.717, 1.165) is 41.8 Å². The molecule has 0 saturated heterocycles. The molecular weight excluding hydrogens is 270 g/mol. The highest BCUT2D eigenvalue weighted by atomic mass is 35.5. The minimum Gasteiger partial charge on any atom is -0.312 e. The van der Waals surface area contributed by atoms with Gasteiger partial charge < -0.3 is 4.57 Å². The van der Waals surface area contributed by atoms with Gasteiger partial charge in [-0.1, -0.05) is 19.8 Å². The number of halogens is 1. The maximum Gasteiger partial charge on any atom is 0.159 e. The van der Waals surface area contributed by atoms with Crippen LogP contribution in [0.1, 0.15) is 38.4 Å². The van der Waals surface area contributed by atoms with Crippen LogP contribution in [-0.4, -0.2) is 20.4 Å². The van der Waals surface area contributed by atoms with Gasteiger partial charge in [0.1, 0.15) is 11.3 Å². The van der Waals surface area contributed by atoms with E-state index in [9.17, 15) is 0 Å². The van der Waals surface area contributed by atoms with Crippen molar-refractivity contribution in [1.29, 1.82) is 0 Å². The summed E-state index contributed by atoms with van der Waals surface area (Å²) in [5.41, 5.74) is 2.02. The number of aromatic nitrogens is 3. The van der Waals surface area contributed by atoms with Crippen LogP contribution in [0.25, 0.3) is 11.2 Å².